The van der Waals surface area contributed by atoms with E-state index >= 15 is 0 Å². The quantitative estimate of drug-likeness (QED) is 0.897. The SMILES string of the molecule is COc1cccc(F)c1C(=O)N(C)C1COCC1C(=O)O. The second kappa shape index (κ2) is 6.09. The lowest BCUT2D eigenvalue weighted by molar-refractivity contribution is -0.142. The Bertz CT molecular complexity index is 562. The average Bonchev–Trinajstić information content (AvgIpc) is 2.95. The summed E-state index contributed by atoms with van der Waals surface area (Å²) in [5.74, 6) is -3.10. The van der Waals surface area contributed by atoms with Crippen molar-refractivity contribution in [3.8, 4) is 5.75 Å². The maximum absolute atomic E-state index is 13.9. The number of methoxy groups -OCH3 is 1. The molecule has 2 unspecified atom stereocenters. The van der Waals surface area contributed by atoms with Crippen molar-refractivity contribution < 1.29 is 28.6 Å². The third kappa shape index (κ3) is 2.82. The van der Waals surface area contributed by atoms with Crippen molar-refractivity contribution >= 4 is 11.9 Å². The maximum atomic E-state index is 13.9. The van der Waals surface area contributed by atoms with E-state index in [0.29, 0.717) is 0 Å². The molecule has 0 radical (unpaired) electrons. The second-order valence-electron chi connectivity index (χ2n) is 4.78. The average molecular weight is 297 g/mol. The number of hydrogen-bond donors (Lipinski definition) is 1. The van der Waals surface area contributed by atoms with Gasteiger partial charge in [0.2, 0.25) is 0 Å². The predicted octanol–water partition coefficient (Wildman–Crippen LogP) is 1.01. The van der Waals surface area contributed by atoms with Crippen LogP contribution in [0.2, 0.25) is 0 Å². The van der Waals surface area contributed by atoms with E-state index < -0.39 is 29.7 Å². The highest BCUT2D eigenvalue weighted by atomic mass is 19.1. The van der Waals surface area contributed by atoms with Gasteiger partial charge in [-0.2, -0.15) is 0 Å². The highest BCUT2D eigenvalue weighted by Crippen LogP contribution is 2.26. The number of amides is 1. The van der Waals surface area contributed by atoms with Gasteiger partial charge in [0, 0.05) is 7.05 Å². The van der Waals surface area contributed by atoms with Gasteiger partial charge in [-0.05, 0) is 12.1 Å². The minimum Gasteiger partial charge on any atom is -0.496 e. The molecular formula is C14H16FNO5. The number of carboxylic acids is 1. The molecule has 1 heterocycles. The van der Waals surface area contributed by atoms with Gasteiger partial charge in [-0.1, -0.05) is 6.07 Å². The number of aliphatic carboxylic acids is 1. The van der Waals surface area contributed by atoms with Crippen LogP contribution >= 0.6 is 0 Å². The zero-order chi connectivity index (χ0) is 15.6. The van der Waals surface area contributed by atoms with Crippen LogP contribution in [0.3, 0.4) is 0 Å². The number of carbonyl (C=O) groups is 2. The van der Waals surface area contributed by atoms with Crippen molar-refractivity contribution in [2.75, 3.05) is 27.4 Å². The fraction of sp³-hybridized carbons (Fsp3) is 0.429. The van der Waals surface area contributed by atoms with Crippen LogP contribution in [0.25, 0.3) is 0 Å². The lowest BCUT2D eigenvalue weighted by Gasteiger charge is -2.27. The maximum Gasteiger partial charge on any atom is 0.311 e. The van der Waals surface area contributed by atoms with Crippen molar-refractivity contribution in [1.29, 1.82) is 0 Å². The number of hydrogen-bond acceptors (Lipinski definition) is 4. The Morgan fingerprint density at radius 3 is 2.76 bits per heavy atom. The molecule has 21 heavy (non-hydrogen) atoms. The Morgan fingerprint density at radius 2 is 2.14 bits per heavy atom. The molecule has 2 atom stereocenters. The van der Waals surface area contributed by atoms with E-state index in [2.05, 4.69) is 0 Å². The van der Waals surface area contributed by atoms with Crippen LogP contribution in [0.1, 0.15) is 10.4 Å². The van der Waals surface area contributed by atoms with Crippen LogP contribution in [0.4, 0.5) is 4.39 Å². The Balaban J connectivity index is 2.30. The van der Waals surface area contributed by atoms with E-state index in [-0.39, 0.29) is 24.5 Å². The summed E-state index contributed by atoms with van der Waals surface area (Å²) < 4.78 is 24.0. The zero-order valence-corrected chi connectivity index (χ0v) is 11.7. The highest BCUT2D eigenvalue weighted by molar-refractivity contribution is 5.97. The summed E-state index contributed by atoms with van der Waals surface area (Å²) in [7, 11) is 2.77. The van der Waals surface area contributed by atoms with E-state index in [9.17, 15) is 14.0 Å². The fourth-order valence-electron chi connectivity index (χ4n) is 2.37. The van der Waals surface area contributed by atoms with Gasteiger partial charge in [-0.25, -0.2) is 4.39 Å². The second-order valence-corrected chi connectivity index (χ2v) is 4.78. The third-order valence-electron chi connectivity index (χ3n) is 3.59. The van der Waals surface area contributed by atoms with Gasteiger partial charge in [0.1, 0.15) is 23.0 Å². The van der Waals surface area contributed by atoms with Crippen LogP contribution in [-0.4, -0.2) is 55.3 Å². The number of nitrogens with zero attached hydrogens (tertiary/aromatic N) is 1. The Hall–Kier alpha value is -2.15. The summed E-state index contributed by atoms with van der Waals surface area (Å²) in [6.07, 6.45) is 0. The summed E-state index contributed by atoms with van der Waals surface area (Å²) in [6, 6.07) is 3.43. The zero-order valence-electron chi connectivity index (χ0n) is 11.7. The van der Waals surface area contributed by atoms with Crippen LogP contribution in [0.5, 0.6) is 5.75 Å². The monoisotopic (exact) mass is 297 g/mol. The van der Waals surface area contributed by atoms with Crippen molar-refractivity contribution in [1.82, 2.24) is 4.90 Å². The number of carboxylic acid groups (broad SMARTS) is 1. The molecule has 114 valence electrons. The minimum atomic E-state index is -1.04. The van der Waals surface area contributed by atoms with E-state index in [4.69, 9.17) is 14.6 Å². The molecular weight excluding hydrogens is 281 g/mol. The van der Waals surface area contributed by atoms with E-state index in [1.54, 1.807) is 0 Å². The molecule has 1 aromatic rings. The number of halogens is 1. The lowest BCUT2D eigenvalue weighted by atomic mass is 10.0. The van der Waals surface area contributed by atoms with Gasteiger partial charge < -0.3 is 19.5 Å². The molecule has 0 aliphatic carbocycles. The van der Waals surface area contributed by atoms with E-state index in [1.165, 1.54) is 31.2 Å². The smallest absolute Gasteiger partial charge is 0.311 e. The first-order valence-corrected chi connectivity index (χ1v) is 6.37. The summed E-state index contributed by atoms with van der Waals surface area (Å²) >= 11 is 0. The van der Waals surface area contributed by atoms with Gasteiger partial charge in [0.05, 0.1) is 26.4 Å². The summed E-state index contributed by atoms with van der Waals surface area (Å²) in [5.41, 5.74) is -0.210. The van der Waals surface area contributed by atoms with Crippen LogP contribution in [-0.2, 0) is 9.53 Å². The number of benzene rings is 1. The number of carbonyl (C=O) groups excluding carboxylic acids is 1. The number of likely N-dealkylation sites (N-methyl/N-ethyl adjacent to an activating group) is 1. The largest absolute Gasteiger partial charge is 0.496 e. The minimum absolute atomic E-state index is 0.0338. The van der Waals surface area contributed by atoms with Gasteiger partial charge in [-0.3, -0.25) is 9.59 Å². The molecule has 1 aliphatic heterocycles. The van der Waals surface area contributed by atoms with Crippen molar-refractivity contribution in [3.63, 3.8) is 0 Å². The molecule has 1 aliphatic rings. The van der Waals surface area contributed by atoms with Crippen LogP contribution < -0.4 is 4.74 Å². The molecule has 0 bridgehead atoms. The molecule has 6 nitrogen and oxygen atoms in total. The Morgan fingerprint density at radius 1 is 1.43 bits per heavy atom. The molecule has 0 spiro atoms. The fourth-order valence-corrected chi connectivity index (χ4v) is 2.37. The molecule has 0 aromatic heterocycles. The molecule has 1 fully saturated rings. The molecule has 0 saturated carbocycles. The molecule has 1 aromatic carbocycles. The van der Waals surface area contributed by atoms with Gasteiger partial charge in [0.15, 0.2) is 0 Å². The molecule has 1 amide bonds. The Labute approximate surface area is 121 Å². The first kappa shape index (κ1) is 15.2. The first-order valence-electron chi connectivity index (χ1n) is 6.37. The number of rotatable bonds is 4. The van der Waals surface area contributed by atoms with Crippen LogP contribution in [0, 0.1) is 11.7 Å². The van der Waals surface area contributed by atoms with Crippen molar-refractivity contribution in [2.45, 2.75) is 6.04 Å². The van der Waals surface area contributed by atoms with E-state index in [0.717, 1.165) is 6.07 Å². The van der Waals surface area contributed by atoms with Gasteiger partial charge >= 0.3 is 5.97 Å². The topological polar surface area (TPSA) is 76.1 Å². The lowest BCUT2D eigenvalue weighted by Crippen LogP contribution is -2.44. The molecule has 7 heteroatoms. The third-order valence-corrected chi connectivity index (χ3v) is 3.59. The Kier molecular flexibility index (Phi) is 4.42. The molecule has 2 rings (SSSR count). The standard InChI is InChI=1S/C14H16FNO5/c1-16(10-7-21-6-8(10)14(18)19)13(17)12-9(15)4-3-5-11(12)20-2/h3-5,8,10H,6-7H2,1-2H3,(H,18,19). The van der Waals surface area contributed by atoms with Crippen molar-refractivity contribution in [3.05, 3.63) is 29.6 Å². The summed E-state index contributed by atoms with van der Waals surface area (Å²) in [5, 5.41) is 9.12. The van der Waals surface area contributed by atoms with Crippen molar-refractivity contribution in [2.24, 2.45) is 5.92 Å². The summed E-state index contributed by atoms with van der Waals surface area (Å²) in [4.78, 5) is 24.8. The first-order chi connectivity index (χ1) is 9.97. The van der Waals surface area contributed by atoms with Gasteiger partial charge in [0.25, 0.3) is 5.91 Å². The predicted molar refractivity (Wildman–Crippen MR) is 70.8 cm³/mol. The molecule has 1 N–H and O–H groups in total. The van der Waals surface area contributed by atoms with E-state index in [1.807, 2.05) is 0 Å². The molecule has 1 saturated heterocycles. The van der Waals surface area contributed by atoms with Crippen LogP contribution in [0.15, 0.2) is 18.2 Å². The normalized spacial score (nSPS) is 21.1. The highest BCUT2D eigenvalue weighted by Gasteiger charge is 2.39. The van der Waals surface area contributed by atoms with Gasteiger partial charge in [-0.15, -0.1) is 0 Å². The number of ether oxygens (including phenoxy) is 2. The summed E-state index contributed by atoms with van der Waals surface area (Å²) in [6.45, 7) is 0.141.